The van der Waals surface area contributed by atoms with E-state index in [4.69, 9.17) is 10.9 Å². The molecule has 0 unspecified atom stereocenters. The summed E-state index contributed by atoms with van der Waals surface area (Å²) in [6.07, 6.45) is 0. The van der Waals surface area contributed by atoms with Gasteiger partial charge in [0, 0.05) is 23.6 Å². The molecule has 0 heterocycles. The quantitative estimate of drug-likeness (QED) is 0.385. The summed E-state index contributed by atoms with van der Waals surface area (Å²) in [7, 11) is 2.00. The number of amidine groups is 1. The van der Waals surface area contributed by atoms with Gasteiger partial charge in [0.1, 0.15) is 0 Å². The molecular weight excluding hydrogens is 330 g/mol. The largest absolute Gasteiger partial charge is 0.409 e. The fraction of sp³-hybridized carbons (Fsp3) is 0.188. The molecule has 0 saturated carbocycles. The Morgan fingerprint density at radius 2 is 1.90 bits per heavy atom. The van der Waals surface area contributed by atoms with Crippen molar-refractivity contribution in [3.05, 3.63) is 63.6 Å². The fourth-order valence-electron chi connectivity index (χ4n) is 2.37. The molecule has 0 amide bonds. The van der Waals surface area contributed by atoms with Gasteiger partial charge in [-0.2, -0.15) is 0 Å². The number of rotatable bonds is 4. The summed E-state index contributed by atoms with van der Waals surface area (Å²) in [4.78, 5) is 2.10. The molecule has 0 aliphatic rings. The number of benzene rings is 2. The lowest BCUT2D eigenvalue weighted by Gasteiger charge is -2.24. The third kappa shape index (κ3) is 3.55. The maximum absolute atomic E-state index is 8.94. The summed E-state index contributed by atoms with van der Waals surface area (Å²) in [6.45, 7) is 2.76. The van der Waals surface area contributed by atoms with E-state index in [-0.39, 0.29) is 5.84 Å². The summed E-state index contributed by atoms with van der Waals surface area (Å²) < 4.78 is 1.06. The van der Waals surface area contributed by atoms with Gasteiger partial charge in [0.15, 0.2) is 5.84 Å². The Morgan fingerprint density at radius 3 is 2.52 bits per heavy atom. The second-order valence-electron chi connectivity index (χ2n) is 4.94. The van der Waals surface area contributed by atoms with Crippen LogP contribution >= 0.6 is 15.9 Å². The van der Waals surface area contributed by atoms with Crippen LogP contribution in [0.1, 0.15) is 16.7 Å². The van der Waals surface area contributed by atoms with Crippen molar-refractivity contribution in [3.8, 4) is 0 Å². The number of para-hydroxylation sites is 1. The molecule has 0 saturated heterocycles. The van der Waals surface area contributed by atoms with Gasteiger partial charge in [-0.15, -0.1) is 0 Å². The Kier molecular flexibility index (Phi) is 4.85. The van der Waals surface area contributed by atoms with E-state index < -0.39 is 0 Å². The van der Waals surface area contributed by atoms with Gasteiger partial charge < -0.3 is 15.8 Å². The van der Waals surface area contributed by atoms with Crippen molar-refractivity contribution in [3.63, 3.8) is 0 Å². The van der Waals surface area contributed by atoms with Crippen LogP contribution in [0, 0.1) is 6.92 Å². The molecule has 3 N–H and O–H groups in total. The standard InChI is InChI=1S/C16H18BrN3O/c1-11-4-3-5-14(16(18)19-21)15(11)20(2)10-12-6-8-13(17)9-7-12/h3-9,21H,10H2,1-2H3,(H2,18,19). The van der Waals surface area contributed by atoms with Gasteiger partial charge >= 0.3 is 0 Å². The predicted molar refractivity (Wildman–Crippen MR) is 89.9 cm³/mol. The lowest BCUT2D eigenvalue weighted by Crippen LogP contribution is -2.23. The molecule has 0 aliphatic carbocycles. The number of nitrogens with zero attached hydrogens (tertiary/aromatic N) is 2. The summed E-state index contributed by atoms with van der Waals surface area (Å²) >= 11 is 3.43. The summed E-state index contributed by atoms with van der Waals surface area (Å²) in [5, 5.41) is 12.1. The van der Waals surface area contributed by atoms with Crippen molar-refractivity contribution in [1.29, 1.82) is 0 Å². The van der Waals surface area contributed by atoms with Crippen molar-refractivity contribution in [1.82, 2.24) is 0 Å². The zero-order valence-corrected chi connectivity index (χ0v) is 13.6. The molecule has 0 atom stereocenters. The molecular formula is C16H18BrN3O. The van der Waals surface area contributed by atoms with E-state index in [1.165, 1.54) is 5.56 Å². The summed E-state index contributed by atoms with van der Waals surface area (Å²) in [6, 6.07) is 14.0. The van der Waals surface area contributed by atoms with E-state index in [9.17, 15) is 0 Å². The van der Waals surface area contributed by atoms with Crippen LogP contribution in [0.25, 0.3) is 0 Å². The molecule has 0 radical (unpaired) electrons. The Bertz CT molecular complexity index is 653. The third-order valence-electron chi connectivity index (χ3n) is 3.34. The smallest absolute Gasteiger partial charge is 0.172 e. The van der Waals surface area contributed by atoms with Crippen LogP contribution in [0.4, 0.5) is 5.69 Å². The average Bonchev–Trinajstić information content (AvgIpc) is 2.48. The van der Waals surface area contributed by atoms with Crippen molar-refractivity contribution in [2.45, 2.75) is 13.5 Å². The Labute approximate surface area is 133 Å². The maximum Gasteiger partial charge on any atom is 0.172 e. The van der Waals surface area contributed by atoms with Gasteiger partial charge in [-0.05, 0) is 36.2 Å². The number of anilines is 1. The lowest BCUT2D eigenvalue weighted by atomic mass is 10.1. The molecule has 0 spiro atoms. The van der Waals surface area contributed by atoms with Crippen LogP contribution in [0.3, 0.4) is 0 Å². The highest BCUT2D eigenvalue weighted by atomic mass is 79.9. The zero-order valence-electron chi connectivity index (χ0n) is 12.0. The van der Waals surface area contributed by atoms with Crippen molar-refractivity contribution in [2.24, 2.45) is 10.9 Å². The molecule has 0 aromatic heterocycles. The monoisotopic (exact) mass is 347 g/mol. The fourth-order valence-corrected chi connectivity index (χ4v) is 2.63. The normalized spacial score (nSPS) is 11.5. The first-order valence-corrected chi connectivity index (χ1v) is 7.35. The molecule has 2 rings (SSSR count). The topological polar surface area (TPSA) is 61.9 Å². The van der Waals surface area contributed by atoms with Gasteiger partial charge in [-0.25, -0.2) is 0 Å². The van der Waals surface area contributed by atoms with E-state index in [1.807, 2.05) is 44.3 Å². The van der Waals surface area contributed by atoms with Gasteiger partial charge in [-0.1, -0.05) is 45.4 Å². The van der Waals surface area contributed by atoms with Crippen molar-refractivity contribution < 1.29 is 5.21 Å². The number of aryl methyl sites for hydroxylation is 1. The second-order valence-corrected chi connectivity index (χ2v) is 5.85. The van der Waals surface area contributed by atoms with E-state index in [1.54, 1.807) is 0 Å². The molecule has 110 valence electrons. The minimum Gasteiger partial charge on any atom is -0.409 e. The molecule has 4 nitrogen and oxygen atoms in total. The minimum absolute atomic E-state index is 0.122. The summed E-state index contributed by atoms with van der Waals surface area (Å²) in [5.41, 5.74) is 9.76. The molecule has 2 aromatic carbocycles. The van der Waals surface area contributed by atoms with Crippen molar-refractivity contribution in [2.75, 3.05) is 11.9 Å². The number of hydrogen-bond donors (Lipinski definition) is 2. The third-order valence-corrected chi connectivity index (χ3v) is 3.86. The van der Waals surface area contributed by atoms with Crippen LogP contribution in [0.2, 0.25) is 0 Å². The SMILES string of the molecule is Cc1cccc(/C(N)=N/O)c1N(C)Cc1ccc(Br)cc1. The summed E-state index contributed by atoms with van der Waals surface area (Å²) in [5.74, 6) is 0.122. The predicted octanol–water partition coefficient (Wildman–Crippen LogP) is 3.49. The van der Waals surface area contributed by atoms with Gasteiger partial charge in [0.25, 0.3) is 0 Å². The van der Waals surface area contributed by atoms with Gasteiger partial charge in [0.05, 0.1) is 5.69 Å². The second kappa shape index (κ2) is 6.63. The Morgan fingerprint density at radius 1 is 1.24 bits per heavy atom. The molecule has 0 fully saturated rings. The van der Waals surface area contributed by atoms with E-state index >= 15 is 0 Å². The first-order chi connectivity index (χ1) is 10.0. The average molecular weight is 348 g/mol. The zero-order chi connectivity index (χ0) is 15.4. The van der Waals surface area contributed by atoms with Crippen LogP contribution in [0.5, 0.6) is 0 Å². The van der Waals surface area contributed by atoms with Crippen molar-refractivity contribution >= 4 is 27.5 Å². The number of hydrogen-bond acceptors (Lipinski definition) is 3. The minimum atomic E-state index is 0.122. The lowest BCUT2D eigenvalue weighted by molar-refractivity contribution is 0.318. The first kappa shape index (κ1) is 15.4. The highest BCUT2D eigenvalue weighted by Crippen LogP contribution is 2.26. The van der Waals surface area contributed by atoms with Gasteiger partial charge in [0.2, 0.25) is 0 Å². The van der Waals surface area contributed by atoms with Gasteiger partial charge in [-0.3, -0.25) is 0 Å². The molecule has 0 bridgehead atoms. The maximum atomic E-state index is 8.94. The highest BCUT2D eigenvalue weighted by molar-refractivity contribution is 9.10. The van der Waals surface area contributed by atoms with Crippen LogP contribution in [-0.4, -0.2) is 18.1 Å². The van der Waals surface area contributed by atoms with Crippen LogP contribution in [0.15, 0.2) is 52.1 Å². The Hall–Kier alpha value is -2.01. The van der Waals surface area contributed by atoms with Crippen LogP contribution in [-0.2, 0) is 6.54 Å². The molecule has 5 heteroatoms. The van der Waals surface area contributed by atoms with Crippen LogP contribution < -0.4 is 10.6 Å². The number of oxime groups is 1. The highest BCUT2D eigenvalue weighted by Gasteiger charge is 2.13. The molecule has 2 aromatic rings. The van der Waals surface area contributed by atoms with E-state index in [2.05, 4.69) is 38.1 Å². The van der Waals surface area contributed by atoms with E-state index in [0.29, 0.717) is 0 Å². The first-order valence-electron chi connectivity index (χ1n) is 6.56. The number of nitrogens with two attached hydrogens (primary N) is 1. The molecule has 0 aliphatic heterocycles. The van der Waals surface area contributed by atoms with E-state index in [0.717, 1.165) is 27.8 Å². The molecule has 21 heavy (non-hydrogen) atoms. The number of halogens is 1. The Balaban J connectivity index is 2.34.